The molecule has 106 valence electrons. The summed E-state index contributed by atoms with van der Waals surface area (Å²) in [5.74, 6) is 0. The van der Waals surface area contributed by atoms with Crippen LogP contribution in [0, 0.1) is 20.8 Å². The Morgan fingerprint density at radius 2 is 1.79 bits per heavy atom. The maximum absolute atomic E-state index is 5.79. The number of nitrogens with one attached hydrogen (secondary N) is 1. The summed E-state index contributed by atoms with van der Waals surface area (Å²) in [5.41, 5.74) is 5.69. The molecule has 1 atom stereocenters. The first kappa shape index (κ1) is 14.5. The lowest BCUT2D eigenvalue weighted by molar-refractivity contribution is -0.0835. The lowest BCUT2D eigenvalue weighted by Crippen LogP contribution is -2.42. The Kier molecular flexibility index (Phi) is 4.32. The molecule has 1 unspecified atom stereocenters. The number of methoxy groups -OCH3 is 1. The molecule has 2 heteroatoms. The average molecular weight is 261 g/mol. The summed E-state index contributed by atoms with van der Waals surface area (Å²) in [7, 11) is 3.92. The van der Waals surface area contributed by atoms with Crippen molar-refractivity contribution in [3.8, 4) is 0 Å². The van der Waals surface area contributed by atoms with E-state index < -0.39 is 0 Å². The topological polar surface area (TPSA) is 21.3 Å². The maximum Gasteiger partial charge on any atom is 0.0697 e. The fourth-order valence-electron chi connectivity index (χ4n) is 3.52. The van der Waals surface area contributed by atoms with Gasteiger partial charge in [-0.15, -0.1) is 0 Å². The van der Waals surface area contributed by atoms with Gasteiger partial charge >= 0.3 is 0 Å². The largest absolute Gasteiger partial charge is 0.378 e. The highest BCUT2D eigenvalue weighted by atomic mass is 16.5. The molecule has 1 fully saturated rings. The van der Waals surface area contributed by atoms with Crippen molar-refractivity contribution in [3.05, 3.63) is 34.4 Å². The van der Waals surface area contributed by atoms with Crippen molar-refractivity contribution in [2.24, 2.45) is 0 Å². The zero-order valence-electron chi connectivity index (χ0n) is 13.0. The van der Waals surface area contributed by atoms with Gasteiger partial charge in [-0.3, -0.25) is 0 Å². The van der Waals surface area contributed by atoms with Crippen LogP contribution < -0.4 is 5.32 Å². The van der Waals surface area contributed by atoms with E-state index in [9.17, 15) is 0 Å². The van der Waals surface area contributed by atoms with Crippen molar-refractivity contribution in [3.63, 3.8) is 0 Å². The summed E-state index contributed by atoms with van der Waals surface area (Å²) in [4.78, 5) is 0. The first-order valence-electron chi connectivity index (χ1n) is 7.31. The van der Waals surface area contributed by atoms with Gasteiger partial charge in [0, 0.05) is 13.2 Å². The van der Waals surface area contributed by atoms with Crippen molar-refractivity contribution in [2.75, 3.05) is 14.2 Å². The molecule has 0 aliphatic heterocycles. The summed E-state index contributed by atoms with van der Waals surface area (Å²) in [6, 6.07) is 4.96. The maximum atomic E-state index is 5.79. The average Bonchev–Trinajstić information content (AvgIpc) is 2.30. The predicted molar refractivity (Wildman–Crippen MR) is 80.7 cm³/mol. The molecule has 1 N–H and O–H groups in total. The van der Waals surface area contributed by atoms with Crippen LogP contribution in [0.25, 0.3) is 0 Å². The molecule has 0 radical (unpaired) electrons. The fourth-order valence-corrected chi connectivity index (χ4v) is 3.52. The second-order valence-corrected chi connectivity index (χ2v) is 6.10. The number of benzene rings is 1. The minimum Gasteiger partial charge on any atom is -0.378 e. The van der Waals surface area contributed by atoms with E-state index in [0.29, 0.717) is 6.04 Å². The monoisotopic (exact) mass is 261 g/mol. The van der Waals surface area contributed by atoms with Crippen molar-refractivity contribution in [1.82, 2.24) is 5.32 Å². The van der Waals surface area contributed by atoms with E-state index in [1.54, 1.807) is 0 Å². The molecule has 19 heavy (non-hydrogen) atoms. The van der Waals surface area contributed by atoms with E-state index in [1.165, 1.54) is 41.5 Å². The van der Waals surface area contributed by atoms with E-state index in [0.717, 1.165) is 6.42 Å². The molecule has 1 saturated carbocycles. The van der Waals surface area contributed by atoms with Crippen LogP contribution in [0.3, 0.4) is 0 Å². The standard InChI is InChI=1S/C17H27NO/c1-12-9-13(2)16(14(3)10-12)15(18-4)11-17(19-5)7-6-8-17/h9-10,15,18H,6-8,11H2,1-5H3. The summed E-state index contributed by atoms with van der Waals surface area (Å²) in [6.07, 6.45) is 4.78. The van der Waals surface area contributed by atoms with Gasteiger partial charge < -0.3 is 10.1 Å². The molecule has 0 amide bonds. The molecular weight excluding hydrogens is 234 g/mol. The Morgan fingerprint density at radius 3 is 2.16 bits per heavy atom. The molecule has 0 heterocycles. The van der Waals surface area contributed by atoms with E-state index in [-0.39, 0.29) is 5.60 Å². The van der Waals surface area contributed by atoms with Crippen LogP contribution >= 0.6 is 0 Å². The second kappa shape index (κ2) is 5.64. The summed E-state index contributed by atoms with van der Waals surface area (Å²) < 4.78 is 5.79. The smallest absolute Gasteiger partial charge is 0.0697 e. The van der Waals surface area contributed by atoms with Crippen LogP contribution in [0.15, 0.2) is 12.1 Å². The van der Waals surface area contributed by atoms with Crippen LogP contribution in [0.4, 0.5) is 0 Å². The van der Waals surface area contributed by atoms with Crippen molar-refractivity contribution < 1.29 is 4.74 Å². The lowest BCUT2D eigenvalue weighted by Gasteiger charge is -2.43. The summed E-state index contributed by atoms with van der Waals surface area (Å²) in [5, 5.41) is 3.50. The molecule has 1 aromatic carbocycles. The minimum absolute atomic E-state index is 0.109. The molecule has 0 saturated heterocycles. The molecule has 2 nitrogen and oxygen atoms in total. The molecule has 0 bridgehead atoms. The van der Waals surface area contributed by atoms with E-state index in [2.05, 4.69) is 45.3 Å². The van der Waals surface area contributed by atoms with E-state index in [4.69, 9.17) is 4.74 Å². The van der Waals surface area contributed by atoms with Crippen molar-refractivity contribution in [1.29, 1.82) is 0 Å². The lowest BCUT2D eigenvalue weighted by atomic mass is 9.74. The van der Waals surface area contributed by atoms with Crippen LogP contribution in [0.1, 0.15) is 54.0 Å². The SMILES string of the molecule is CNC(CC1(OC)CCC1)c1c(C)cc(C)cc1C. The van der Waals surface area contributed by atoms with Crippen LogP contribution in [-0.2, 0) is 4.74 Å². The van der Waals surface area contributed by atoms with Crippen molar-refractivity contribution in [2.45, 2.75) is 58.1 Å². The normalized spacial score (nSPS) is 19.0. The number of aryl methyl sites for hydroxylation is 3. The summed E-state index contributed by atoms with van der Waals surface area (Å²) in [6.45, 7) is 6.61. The van der Waals surface area contributed by atoms with Crippen LogP contribution in [0.2, 0.25) is 0 Å². The number of hydrogen-bond acceptors (Lipinski definition) is 2. The van der Waals surface area contributed by atoms with Gasteiger partial charge in [0.05, 0.1) is 5.60 Å². The first-order chi connectivity index (χ1) is 9.01. The third-order valence-electron chi connectivity index (χ3n) is 4.71. The van der Waals surface area contributed by atoms with Crippen LogP contribution in [-0.4, -0.2) is 19.8 Å². The van der Waals surface area contributed by atoms with Crippen molar-refractivity contribution >= 4 is 0 Å². The fraction of sp³-hybridized carbons (Fsp3) is 0.647. The molecule has 0 spiro atoms. The number of rotatable bonds is 5. The zero-order valence-corrected chi connectivity index (χ0v) is 13.0. The third kappa shape index (κ3) is 2.85. The number of ether oxygens (including phenoxy) is 1. The van der Waals surface area contributed by atoms with Gasteiger partial charge in [-0.25, -0.2) is 0 Å². The molecule has 2 rings (SSSR count). The Labute approximate surface area is 117 Å². The van der Waals surface area contributed by atoms with Gasteiger partial charge in [0.15, 0.2) is 0 Å². The summed E-state index contributed by atoms with van der Waals surface area (Å²) >= 11 is 0. The third-order valence-corrected chi connectivity index (χ3v) is 4.71. The molecule has 0 aromatic heterocycles. The Hall–Kier alpha value is -0.860. The molecule has 1 aromatic rings. The van der Waals surface area contributed by atoms with Crippen LogP contribution in [0.5, 0.6) is 0 Å². The van der Waals surface area contributed by atoms with Gasteiger partial charge in [-0.1, -0.05) is 17.7 Å². The molecule has 1 aliphatic rings. The van der Waals surface area contributed by atoms with E-state index >= 15 is 0 Å². The molecular formula is C17H27NO. The second-order valence-electron chi connectivity index (χ2n) is 6.10. The van der Waals surface area contributed by atoms with Gasteiger partial charge in [-0.05, 0) is 70.2 Å². The zero-order chi connectivity index (χ0) is 14.0. The Morgan fingerprint density at radius 1 is 1.21 bits per heavy atom. The molecule has 1 aliphatic carbocycles. The van der Waals surface area contributed by atoms with Gasteiger partial charge in [0.25, 0.3) is 0 Å². The number of hydrogen-bond donors (Lipinski definition) is 1. The highest BCUT2D eigenvalue weighted by Gasteiger charge is 2.39. The predicted octanol–water partition coefficient (Wildman–Crippen LogP) is 3.83. The first-order valence-corrected chi connectivity index (χ1v) is 7.31. The van der Waals surface area contributed by atoms with Gasteiger partial charge in [0.1, 0.15) is 0 Å². The Balaban J connectivity index is 2.27. The highest BCUT2D eigenvalue weighted by Crippen LogP contribution is 2.42. The highest BCUT2D eigenvalue weighted by molar-refractivity contribution is 5.40. The Bertz CT molecular complexity index is 420. The van der Waals surface area contributed by atoms with Gasteiger partial charge in [-0.2, -0.15) is 0 Å². The minimum atomic E-state index is 0.109. The van der Waals surface area contributed by atoms with Gasteiger partial charge in [0.2, 0.25) is 0 Å². The van der Waals surface area contributed by atoms with E-state index in [1.807, 2.05) is 7.11 Å². The quantitative estimate of drug-likeness (QED) is 0.869.